The molecule has 0 bridgehead atoms. The summed E-state index contributed by atoms with van der Waals surface area (Å²) < 4.78 is 0. The molecule has 7 nitrogen and oxygen atoms in total. The average molecular weight is 482 g/mol. The Hall–Kier alpha value is -3.19. The molecule has 4 rings (SSSR count). The highest BCUT2D eigenvalue weighted by atomic mass is 35.5. The monoisotopic (exact) mass is 481 g/mol. The van der Waals surface area contributed by atoms with Gasteiger partial charge in [-0.1, -0.05) is 35.8 Å². The summed E-state index contributed by atoms with van der Waals surface area (Å²) in [5.74, 6) is -1.01. The summed E-state index contributed by atoms with van der Waals surface area (Å²) in [6, 6.07) is 11.3. The van der Waals surface area contributed by atoms with Crippen LogP contribution in [-0.4, -0.2) is 52.9 Å². The molecule has 1 saturated heterocycles. The Morgan fingerprint density at radius 2 is 1.82 bits per heavy atom. The van der Waals surface area contributed by atoms with Crippen molar-refractivity contribution in [2.24, 2.45) is 5.16 Å². The van der Waals surface area contributed by atoms with Crippen molar-refractivity contribution in [3.63, 3.8) is 0 Å². The van der Waals surface area contributed by atoms with Crippen molar-refractivity contribution in [3.8, 4) is 0 Å². The Kier molecular flexibility index (Phi) is 6.49. The maximum Gasteiger partial charge on any atom is 0.255 e. The number of carbonyl (C=O) groups excluding carboxylic acids is 3. The molecule has 2 aromatic rings. The van der Waals surface area contributed by atoms with Crippen LogP contribution in [0.1, 0.15) is 59.3 Å². The highest BCUT2D eigenvalue weighted by Gasteiger charge is 2.38. The van der Waals surface area contributed by atoms with Gasteiger partial charge in [-0.3, -0.25) is 19.3 Å². The molecule has 1 atom stereocenters. The Labute approximate surface area is 204 Å². The fraction of sp³-hybridized carbons (Fsp3) is 0.385. The Bertz CT molecular complexity index is 1170. The summed E-state index contributed by atoms with van der Waals surface area (Å²) in [7, 11) is 0. The van der Waals surface area contributed by atoms with Gasteiger partial charge >= 0.3 is 0 Å². The number of piperazine rings is 1. The molecule has 8 heteroatoms. The SMILES string of the molecule is CCCN1C(=O)CN(C(=O)c2ccc(C3=NOC(C)(c4cc(C)cc(Cl)c4)C3)cc2C)CC1=O. The van der Waals surface area contributed by atoms with Gasteiger partial charge in [-0.15, -0.1) is 0 Å². The number of nitrogens with zero attached hydrogens (tertiary/aromatic N) is 3. The van der Waals surface area contributed by atoms with E-state index < -0.39 is 5.60 Å². The first-order chi connectivity index (χ1) is 16.1. The van der Waals surface area contributed by atoms with Gasteiger partial charge in [-0.05, 0) is 73.7 Å². The smallest absolute Gasteiger partial charge is 0.255 e. The first-order valence-corrected chi connectivity index (χ1v) is 11.8. The van der Waals surface area contributed by atoms with E-state index in [1.807, 2.05) is 58.0 Å². The summed E-state index contributed by atoms with van der Waals surface area (Å²) >= 11 is 6.24. The standard InChI is InChI=1S/C26H28ClN3O4/c1-5-8-30-23(31)14-29(15-24(30)32)25(33)21-7-6-18(11-17(21)3)22-13-26(4,34-28-22)19-9-16(2)10-20(27)12-19/h6-7,9-12H,5,8,13-15H2,1-4H3. The van der Waals surface area contributed by atoms with E-state index in [-0.39, 0.29) is 30.8 Å². The molecule has 0 aliphatic carbocycles. The van der Waals surface area contributed by atoms with Crippen LogP contribution in [-0.2, 0) is 20.0 Å². The van der Waals surface area contributed by atoms with Gasteiger partial charge in [0.05, 0.1) is 5.71 Å². The Morgan fingerprint density at radius 1 is 1.12 bits per heavy atom. The van der Waals surface area contributed by atoms with Crippen LogP contribution in [0.15, 0.2) is 41.6 Å². The molecule has 3 amide bonds. The molecule has 1 fully saturated rings. The predicted molar refractivity (Wildman–Crippen MR) is 130 cm³/mol. The minimum Gasteiger partial charge on any atom is -0.384 e. The molecule has 0 spiro atoms. The highest BCUT2D eigenvalue weighted by molar-refractivity contribution is 6.30. The molecule has 0 N–H and O–H groups in total. The van der Waals surface area contributed by atoms with Crippen molar-refractivity contribution in [2.75, 3.05) is 19.6 Å². The van der Waals surface area contributed by atoms with Crippen molar-refractivity contribution in [3.05, 3.63) is 69.2 Å². The highest BCUT2D eigenvalue weighted by Crippen LogP contribution is 2.37. The van der Waals surface area contributed by atoms with E-state index in [9.17, 15) is 14.4 Å². The predicted octanol–water partition coefficient (Wildman–Crippen LogP) is 4.22. The third kappa shape index (κ3) is 4.57. The lowest BCUT2D eigenvalue weighted by molar-refractivity contribution is -0.150. The molecule has 34 heavy (non-hydrogen) atoms. The van der Waals surface area contributed by atoms with Crippen molar-refractivity contribution in [2.45, 2.75) is 46.1 Å². The quantitative estimate of drug-likeness (QED) is 0.599. The second-order valence-corrected chi connectivity index (χ2v) is 9.62. The molecule has 178 valence electrons. The largest absolute Gasteiger partial charge is 0.384 e. The van der Waals surface area contributed by atoms with Gasteiger partial charge in [0, 0.05) is 23.6 Å². The third-order valence-electron chi connectivity index (χ3n) is 6.29. The molecule has 2 heterocycles. The van der Waals surface area contributed by atoms with Crippen molar-refractivity contribution >= 4 is 35.0 Å². The van der Waals surface area contributed by atoms with Crippen LogP contribution in [0.25, 0.3) is 0 Å². The number of amides is 3. The van der Waals surface area contributed by atoms with Crippen LogP contribution >= 0.6 is 11.6 Å². The number of imide groups is 1. The van der Waals surface area contributed by atoms with Gasteiger partial charge in [-0.25, -0.2) is 0 Å². The Balaban J connectivity index is 1.50. The van der Waals surface area contributed by atoms with Gasteiger partial charge in [0.2, 0.25) is 11.8 Å². The van der Waals surface area contributed by atoms with E-state index in [2.05, 4.69) is 5.16 Å². The van der Waals surface area contributed by atoms with Crippen LogP contribution in [0.4, 0.5) is 0 Å². The normalized spacial score (nSPS) is 20.4. The van der Waals surface area contributed by atoms with Crippen LogP contribution in [0.2, 0.25) is 5.02 Å². The lowest BCUT2D eigenvalue weighted by Crippen LogP contribution is -2.55. The molecule has 2 aromatic carbocycles. The topological polar surface area (TPSA) is 79.3 Å². The number of hydrogen-bond donors (Lipinski definition) is 0. The van der Waals surface area contributed by atoms with Gasteiger partial charge in [0.25, 0.3) is 5.91 Å². The summed E-state index contributed by atoms with van der Waals surface area (Å²) in [6.45, 7) is 7.90. The summed E-state index contributed by atoms with van der Waals surface area (Å²) in [5, 5.41) is 4.98. The fourth-order valence-corrected chi connectivity index (χ4v) is 4.74. The van der Waals surface area contributed by atoms with E-state index in [4.69, 9.17) is 16.4 Å². The average Bonchev–Trinajstić information content (AvgIpc) is 3.18. The lowest BCUT2D eigenvalue weighted by atomic mass is 9.88. The fourth-order valence-electron chi connectivity index (χ4n) is 4.45. The molecule has 0 saturated carbocycles. The van der Waals surface area contributed by atoms with Crippen LogP contribution in [0.3, 0.4) is 0 Å². The second-order valence-electron chi connectivity index (χ2n) is 9.18. The van der Waals surface area contributed by atoms with Crippen molar-refractivity contribution in [1.29, 1.82) is 0 Å². The molecule has 0 radical (unpaired) electrons. The molecular weight excluding hydrogens is 454 g/mol. The van der Waals surface area contributed by atoms with E-state index in [0.717, 1.165) is 28.0 Å². The molecule has 1 unspecified atom stereocenters. The number of benzene rings is 2. The molecule has 2 aliphatic rings. The van der Waals surface area contributed by atoms with E-state index in [1.165, 1.54) is 9.80 Å². The summed E-state index contributed by atoms with van der Waals surface area (Å²) in [6.07, 6.45) is 1.25. The Morgan fingerprint density at radius 3 is 2.44 bits per heavy atom. The number of rotatable bonds is 5. The number of halogens is 1. The molecule has 2 aliphatic heterocycles. The zero-order valence-corrected chi connectivity index (χ0v) is 20.6. The first kappa shape index (κ1) is 24.0. The number of aryl methyl sites for hydroxylation is 2. The lowest BCUT2D eigenvalue weighted by Gasteiger charge is -2.32. The zero-order valence-electron chi connectivity index (χ0n) is 19.9. The van der Waals surface area contributed by atoms with E-state index in [0.29, 0.717) is 30.0 Å². The van der Waals surface area contributed by atoms with Crippen LogP contribution < -0.4 is 0 Å². The summed E-state index contributed by atoms with van der Waals surface area (Å²) in [5.41, 5.74) is 4.21. The van der Waals surface area contributed by atoms with Crippen LogP contribution in [0, 0.1) is 13.8 Å². The van der Waals surface area contributed by atoms with E-state index >= 15 is 0 Å². The van der Waals surface area contributed by atoms with Gasteiger partial charge in [-0.2, -0.15) is 0 Å². The molecular formula is C26H28ClN3O4. The minimum atomic E-state index is -0.633. The minimum absolute atomic E-state index is 0.0935. The maximum absolute atomic E-state index is 13.1. The summed E-state index contributed by atoms with van der Waals surface area (Å²) in [4.78, 5) is 46.2. The first-order valence-electron chi connectivity index (χ1n) is 11.4. The maximum atomic E-state index is 13.1. The third-order valence-corrected chi connectivity index (χ3v) is 6.51. The zero-order chi connectivity index (χ0) is 24.6. The van der Waals surface area contributed by atoms with Gasteiger partial charge < -0.3 is 9.74 Å². The van der Waals surface area contributed by atoms with Crippen molar-refractivity contribution in [1.82, 2.24) is 9.80 Å². The van der Waals surface area contributed by atoms with Crippen LogP contribution in [0.5, 0.6) is 0 Å². The number of hydrogen-bond acceptors (Lipinski definition) is 5. The van der Waals surface area contributed by atoms with Gasteiger partial charge in [0.15, 0.2) is 5.60 Å². The van der Waals surface area contributed by atoms with Crippen molar-refractivity contribution < 1.29 is 19.2 Å². The number of oxime groups is 1. The van der Waals surface area contributed by atoms with Gasteiger partial charge in [0.1, 0.15) is 13.1 Å². The second kappa shape index (κ2) is 9.22. The molecule has 0 aromatic heterocycles. The number of carbonyl (C=O) groups is 3. The van der Waals surface area contributed by atoms with E-state index in [1.54, 1.807) is 6.07 Å².